The number of benzene rings is 2. The Hall–Kier alpha value is -2.08. The number of likely N-dealkylation sites (tertiary alicyclic amines) is 1. The number of hydrogen-bond donors (Lipinski definition) is 3. The Morgan fingerprint density at radius 3 is 2.42 bits per heavy atom. The van der Waals surface area contributed by atoms with Crippen LogP contribution in [0.2, 0.25) is 0 Å². The number of aliphatic hydroxyl groups excluding tert-OH is 1. The maximum Gasteiger partial charge on any atom is 0.119 e. The van der Waals surface area contributed by atoms with Crippen LogP contribution in [0.1, 0.15) is 19.4 Å². The molecule has 3 N–H and O–H groups in total. The van der Waals surface area contributed by atoms with E-state index in [-0.39, 0.29) is 13.2 Å². The minimum absolute atomic E-state index is 0. The maximum absolute atomic E-state index is 10.8. The lowest BCUT2D eigenvalue weighted by Crippen LogP contribution is -2.57. The zero-order valence-corrected chi connectivity index (χ0v) is 14.2. The molecule has 0 amide bonds. The first kappa shape index (κ1) is 20.2. The van der Waals surface area contributed by atoms with Crippen molar-refractivity contribution in [2.24, 2.45) is 0 Å². The molecule has 3 rings (SSSR count). The molecule has 1 aliphatic rings. The molecule has 1 saturated heterocycles. The number of piperidine rings is 1. The van der Waals surface area contributed by atoms with E-state index < -0.39 is 11.7 Å². The van der Waals surface area contributed by atoms with Gasteiger partial charge in [-0.1, -0.05) is 37.8 Å². The lowest BCUT2D eigenvalue weighted by molar-refractivity contribution is -0.119. The third kappa shape index (κ3) is 5.21. The Morgan fingerprint density at radius 2 is 1.77 bits per heavy atom. The van der Waals surface area contributed by atoms with Crippen LogP contribution in [-0.4, -0.2) is 58.2 Å². The van der Waals surface area contributed by atoms with E-state index >= 15 is 0 Å². The van der Waals surface area contributed by atoms with Gasteiger partial charge in [0.2, 0.25) is 0 Å². The zero-order chi connectivity index (χ0) is 17.7. The van der Waals surface area contributed by atoms with Gasteiger partial charge in [-0.3, -0.25) is 4.90 Å². The molecule has 0 aromatic heterocycles. The number of hydrogen-bond acceptors (Lipinski definition) is 5. The van der Waals surface area contributed by atoms with Gasteiger partial charge < -0.3 is 20.1 Å². The minimum atomic E-state index is -1.07. The second kappa shape index (κ2) is 9.03. The van der Waals surface area contributed by atoms with E-state index in [0.717, 1.165) is 12.1 Å². The number of β-amino-alcohol motifs (C(OH)–C–C–N with tert-alkyl or cyclic N) is 1. The third-order valence-corrected chi connectivity index (χ3v) is 4.78. The number of rotatable bonds is 6. The molecule has 26 heavy (non-hydrogen) atoms. The fourth-order valence-corrected chi connectivity index (χ4v) is 3.22. The summed E-state index contributed by atoms with van der Waals surface area (Å²) in [5.41, 5.74) is -0.0384. The Balaban J connectivity index is 0.00000243. The van der Waals surface area contributed by atoms with Crippen LogP contribution in [-0.2, 0) is 6.42 Å². The topological polar surface area (TPSA) is 73.2 Å². The van der Waals surface area contributed by atoms with Crippen molar-refractivity contribution in [3.05, 3.63) is 60.2 Å². The van der Waals surface area contributed by atoms with Crippen molar-refractivity contribution in [3.63, 3.8) is 0 Å². The molecule has 2 aromatic rings. The number of phenolic OH excluding ortho intramolecular Hbond substituents is 1. The first-order valence-electron chi connectivity index (χ1n) is 8.64. The predicted molar refractivity (Wildman–Crippen MR) is 102 cm³/mol. The van der Waals surface area contributed by atoms with E-state index in [1.807, 2.05) is 30.3 Å². The van der Waals surface area contributed by atoms with Crippen LogP contribution in [0.25, 0.3) is 0 Å². The number of nitrogens with zero attached hydrogens (tertiary/aromatic N) is 1. The van der Waals surface area contributed by atoms with Crippen LogP contribution in [0.15, 0.2) is 54.6 Å². The van der Waals surface area contributed by atoms with E-state index in [9.17, 15) is 15.3 Å². The SMILES string of the molecule is C.Oc1ccc(OCCN2CC[C@](O)(Cc3ccccc3)[C@H](O)C2)cc1. The van der Waals surface area contributed by atoms with Crippen LogP contribution in [0, 0.1) is 0 Å². The van der Waals surface area contributed by atoms with Gasteiger partial charge in [0, 0.05) is 26.1 Å². The predicted octanol–water partition coefficient (Wildman–Crippen LogP) is 2.45. The summed E-state index contributed by atoms with van der Waals surface area (Å²) in [4.78, 5) is 2.10. The summed E-state index contributed by atoms with van der Waals surface area (Å²) in [6.07, 6.45) is 0.213. The van der Waals surface area contributed by atoms with Crippen LogP contribution in [0.3, 0.4) is 0 Å². The lowest BCUT2D eigenvalue weighted by Gasteiger charge is -2.42. The molecule has 1 fully saturated rings. The standard InChI is InChI=1S/C20H25NO4.CH4/c22-17-6-8-18(9-7-17)25-13-12-21-11-10-20(24,19(23)15-21)14-16-4-2-1-3-5-16;/h1-9,19,22-24H,10-15H2;1H4/t19-,20+;/m1./s1. The van der Waals surface area contributed by atoms with Gasteiger partial charge in [0.25, 0.3) is 0 Å². The molecular weight excluding hydrogens is 330 g/mol. The second-order valence-corrected chi connectivity index (χ2v) is 6.67. The highest BCUT2D eigenvalue weighted by Crippen LogP contribution is 2.27. The summed E-state index contributed by atoms with van der Waals surface area (Å²) in [5, 5.41) is 30.5. The molecule has 0 radical (unpaired) electrons. The minimum Gasteiger partial charge on any atom is -0.508 e. The zero-order valence-electron chi connectivity index (χ0n) is 14.2. The van der Waals surface area contributed by atoms with Gasteiger partial charge in [0.15, 0.2) is 0 Å². The van der Waals surface area contributed by atoms with E-state index in [1.54, 1.807) is 24.3 Å². The molecule has 0 spiro atoms. The lowest BCUT2D eigenvalue weighted by atomic mass is 9.83. The van der Waals surface area contributed by atoms with Gasteiger partial charge >= 0.3 is 0 Å². The van der Waals surface area contributed by atoms with Crippen molar-refractivity contribution >= 4 is 0 Å². The highest BCUT2D eigenvalue weighted by Gasteiger charge is 2.40. The Morgan fingerprint density at radius 1 is 1.08 bits per heavy atom. The molecule has 0 saturated carbocycles. The normalized spacial score (nSPS) is 23.2. The van der Waals surface area contributed by atoms with E-state index in [1.165, 1.54) is 0 Å². The number of aromatic hydroxyl groups is 1. The average Bonchev–Trinajstić information content (AvgIpc) is 2.61. The number of aliphatic hydroxyl groups is 2. The summed E-state index contributed by atoms with van der Waals surface area (Å²) in [5.74, 6) is 0.917. The second-order valence-electron chi connectivity index (χ2n) is 6.67. The quantitative estimate of drug-likeness (QED) is 0.739. The maximum atomic E-state index is 10.8. The number of phenols is 1. The van der Waals surface area contributed by atoms with Crippen LogP contribution < -0.4 is 4.74 Å². The smallest absolute Gasteiger partial charge is 0.119 e. The van der Waals surface area contributed by atoms with Crippen molar-refractivity contribution < 1.29 is 20.1 Å². The van der Waals surface area contributed by atoms with Gasteiger partial charge in [0.05, 0.1) is 11.7 Å². The van der Waals surface area contributed by atoms with E-state index in [0.29, 0.717) is 38.3 Å². The molecule has 142 valence electrons. The monoisotopic (exact) mass is 359 g/mol. The van der Waals surface area contributed by atoms with Crippen LogP contribution >= 0.6 is 0 Å². The van der Waals surface area contributed by atoms with Gasteiger partial charge in [-0.2, -0.15) is 0 Å². The van der Waals surface area contributed by atoms with Gasteiger partial charge in [-0.05, 0) is 36.2 Å². The van der Waals surface area contributed by atoms with Gasteiger partial charge in [-0.25, -0.2) is 0 Å². The fraction of sp³-hybridized carbons (Fsp3) is 0.429. The summed E-state index contributed by atoms with van der Waals surface area (Å²) < 4.78 is 5.65. The van der Waals surface area contributed by atoms with Crippen molar-refractivity contribution in [2.75, 3.05) is 26.2 Å². The molecular formula is C21H29NO4. The first-order chi connectivity index (χ1) is 12.0. The van der Waals surface area contributed by atoms with Gasteiger partial charge in [-0.15, -0.1) is 0 Å². The van der Waals surface area contributed by atoms with Crippen molar-refractivity contribution in [1.29, 1.82) is 0 Å². The summed E-state index contributed by atoms with van der Waals surface area (Å²) in [6.45, 7) is 2.33. The molecule has 0 aliphatic carbocycles. The Bertz CT molecular complexity index is 661. The molecule has 5 nitrogen and oxygen atoms in total. The average molecular weight is 359 g/mol. The Labute approximate surface area is 155 Å². The summed E-state index contributed by atoms with van der Waals surface area (Å²) >= 11 is 0. The molecule has 2 aromatic carbocycles. The van der Waals surface area contributed by atoms with Crippen molar-refractivity contribution in [2.45, 2.75) is 32.0 Å². The third-order valence-electron chi connectivity index (χ3n) is 4.78. The molecule has 5 heteroatoms. The number of ether oxygens (including phenoxy) is 1. The fourth-order valence-electron chi connectivity index (χ4n) is 3.22. The molecule has 2 atom stereocenters. The summed E-state index contributed by atoms with van der Waals surface area (Å²) in [7, 11) is 0. The molecule has 1 heterocycles. The molecule has 0 unspecified atom stereocenters. The molecule has 1 aliphatic heterocycles. The summed E-state index contributed by atoms with van der Waals surface area (Å²) in [6, 6.07) is 16.4. The van der Waals surface area contributed by atoms with E-state index in [2.05, 4.69) is 4.90 Å². The Kier molecular flexibility index (Phi) is 7.03. The van der Waals surface area contributed by atoms with E-state index in [4.69, 9.17) is 4.74 Å². The highest BCUT2D eigenvalue weighted by molar-refractivity contribution is 5.30. The van der Waals surface area contributed by atoms with Crippen molar-refractivity contribution in [1.82, 2.24) is 4.90 Å². The largest absolute Gasteiger partial charge is 0.508 e. The van der Waals surface area contributed by atoms with Crippen LogP contribution in [0.4, 0.5) is 0 Å². The first-order valence-corrected chi connectivity index (χ1v) is 8.64. The van der Waals surface area contributed by atoms with Crippen LogP contribution in [0.5, 0.6) is 11.5 Å². The molecule has 0 bridgehead atoms. The van der Waals surface area contributed by atoms with Gasteiger partial charge in [0.1, 0.15) is 18.1 Å². The highest BCUT2D eigenvalue weighted by atomic mass is 16.5. The van der Waals surface area contributed by atoms with Crippen molar-refractivity contribution in [3.8, 4) is 11.5 Å².